The van der Waals surface area contributed by atoms with Crippen molar-refractivity contribution in [3.8, 4) is 6.07 Å². The Hall–Kier alpha value is -3.82. The molecule has 2 aromatic carbocycles. The number of aromatic nitrogens is 2. The Balaban J connectivity index is 1.55. The second kappa shape index (κ2) is 12.4. The zero-order valence-electron chi connectivity index (χ0n) is 21.4. The van der Waals surface area contributed by atoms with Crippen molar-refractivity contribution in [1.29, 1.82) is 5.26 Å². The standard InChI is InChI=1S/C31H34N4O2/c1-3-8-24(9-4-2)30-28(10-6-5-7-17-36)33-29-18-25(15-16-27(29)34-30)31(37)35-20-26(21-35)23-13-11-22(19-32)12-14-23/h3-4,9,11-16,18,24,26,36H,1,5-8,10,17,20-21H2,2H3/b9-4-. The molecule has 0 aliphatic carbocycles. The number of aryl methyl sites for hydroxylation is 1. The van der Waals surface area contributed by atoms with Crippen LogP contribution >= 0.6 is 0 Å². The number of fused-ring (bicyclic) bond motifs is 1. The number of nitriles is 1. The number of hydrogen-bond donors (Lipinski definition) is 1. The van der Waals surface area contributed by atoms with Gasteiger partial charge in [0.25, 0.3) is 5.91 Å². The van der Waals surface area contributed by atoms with E-state index in [1.807, 2.05) is 66.4 Å². The molecule has 1 saturated heterocycles. The third-order valence-corrected chi connectivity index (χ3v) is 6.96. The summed E-state index contributed by atoms with van der Waals surface area (Å²) in [5.41, 5.74) is 5.84. The highest BCUT2D eigenvalue weighted by atomic mass is 16.2. The maximum Gasteiger partial charge on any atom is 0.253 e. The Kier molecular flexibility index (Phi) is 8.81. The Bertz CT molecular complexity index is 1320. The van der Waals surface area contributed by atoms with Crippen LogP contribution in [-0.2, 0) is 6.42 Å². The van der Waals surface area contributed by atoms with Crippen LogP contribution in [0.1, 0.15) is 77.3 Å². The van der Waals surface area contributed by atoms with E-state index in [0.29, 0.717) is 30.1 Å². The van der Waals surface area contributed by atoms with Gasteiger partial charge in [0.1, 0.15) is 0 Å². The minimum Gasteiger partial charge on any atom is -0.396 e. The number of aliphatic hydroxyl groups excluding tert-OH is 1. The molecule has 0 bridgehead atoms. The molecular weight excluding hydrogens is 460 g/mol. The summed E-state index contributed by atoms with van der Waals surface area (Å²) >= 11 is 0. The fraction of sp³-hybridized carbons (Fsp3) is 0.355. The van der Waals surface area contributed by atoms with Crippen LogP contribution in [-0.4, -0.2) is 45.6 Å². The Morgan fingerprint density at radius 2 is 1.95 bits per heavy atom. The van der Waals surface area contributed by atoms with Crippen LogP contribution in [0.5, 0.6) is 0 Å². The number of carbonyl (C=O) groups is 1. The van der Waals surface area contributed by atoms with Gasteiger partial charge >= 0.3 is 0 Å². The number of rotatable bonds is 11. The SMILES string of the molecule is C=CCC(/C=C\C)c1nc2ccc(C(=O)N3CC(c4ccc(C#N)cc4)C3)cc2nc1CCCCCO. The first kappa shape index (κ1) is 26.2. The van der Waals surface area contributed by atoms with Crippen molar-refractivity contribution in [2.24, 2.45) is 0 Å². The van der Waals surface area contributed by atoms with Gasteiger partial charge in [-0.25, -0.2) is 9.97 Å². The maximum absolute atomic E-state index is 13.2. The lowest BCUT2D eigenvalue weighted by Crippen LogP contribution is -2.48. The number of aliphatic hydroxyl groups is 1. The third-order valence-electron chi connectivity index (χ3n) is 6.96. The zero-order chi connectivity index (χ0) is 26.2. The van der Waals surface area contributed by atoms with Gasteiger partial charge in [0.05, 0.1) is 34.1 Å². The summed E-state index contributed by atoms with van der Waals surface area (Å²) in [6, 6.07) is 15.3. The van der Waals surface area contributed by atoms with Gasteiger partial charge in [0, 0.05) is 37.1 Å². The molecule has 1 amide bonds. The maximum atomic E-state index is 13.2. The molecule has 190 valence electrons. The van der Waals surface area contributed by atoms with Gasteiger partial charge in [-0.2, -0.15) is 5.26 Å². The van der Waals surface area contributed by atoms with Gasteiger partial charge in [0.2, 0.25) is 0 Å². The van der Waals surface area contributed by atoms with E-state index in [9.17, 15) is 4.79 Å². The van der Waals surface area contributed by atoms with E-state index in [4.69, 9.17) is 20.3 Å². The van der Waals surface area contributed by atoms with Crippen LogP contribution in [0.15, 0.2) is 67.3 Å². The third kappa shape index (κ3) is 6.12. The quantitative estimate of drug-likeness (QED) is 0.273. The number of nitrogens with zero attached hydrogens (tertiary/aromatic N) is 4. The van der Waals surface area contributed by atoms with Crippen LogP contribution in [0, 0.1) is 11.3 Å². The van der Waals surface area contributed by atoms with Crippen molar-refractivity contribution in [1.82, 2.24) is 14.9 Å². The Morgan fingerprint density at radius 3 is 2.62 bits per heavy atom. The molecule has 6 nitrogen and oxygen atoms in total. The molecule has 3 aromatic rings. The predicted octanol–water partition coefficient (Wildman–Crippen LogP) is 5.68. The molecule has 6 heteroatoms. The lowest BCUT2D eigenvalue weighted by atomic mass is 9.90. The van der Waals surface area contributed by atoms with E-state index < -0.39 is 0 Å². The monoisotopic (exact) mass is 494 g/mol. The minimum atomic E-state index is 0.000572. The fourth-order valence-corrected chi connectivity index (χ4v) is 4.86. The molecule has 1 aliphatic heterocycles. The van der Waals surface area contributed by atoms with Gasteiger partial charge in [0.15, 0.2) is 0 Å². The van der Waals surface area contributed by atoms with E-state index >= 15 is 0 Å². The van der Waals surface area contributed by atoms with Crippen LogP contribution in [0.4, 0.5) is 0 Å². The van der Waals surface area contributed by atoms with Crippen molar-refractivity contribution in [3.05, 3.63) is 95.3 Å². The fourth-order valence-electron chi connectivity index (χ4n) is 4.86. The number of likely N-dealkylation sites (tertiary alicyclic amines) is 1. The summed E-state index contributed by atoms with van der Waals surface area (Å²) < 4.78 is 0. The van der Waals surface area contributed by atoms with Crippen molar-refractivity contribution < 1.29 is 9.90 Å². The van der Waals surface area contributed by atoms with Crippen LogP contribution < -0.4 is 0 Å². The summed E-state index contributed by atoms with van der Waals surface area (Å²) in [6.45, 7) is 7.44. The Morgan fingerprint density at radius 1 is 1.16 bits per heavy atom. The van der Waals surface area contributed by atoms with Gasteiger partial charge in [-0.1, -0.05) is 36.8 Å². The zero-order valence-corrected chi connectivity index (χ0v) is 21.4. The summed E-state index contributed by atoms with van der Waals surface area (Å²) in [5.74, 6) is 0.396. The summed E-state index contributed by atoms with van der Waals surface area (Å²) in [7, 11) is 0. The van der Waals surface area contributed by atoms with Gasteiger partial charge < -0.3 is 10.0 Å². The highest BCUT2D eigenvalue weighted by molar-refractivity contribution is 5.97. The molecular formula is C31H34N4O2. The molecule has 1 atom stereocenters. The van der Waals surface area contributed by atoms with Crippen molar-refractivity contribution in [2.45, 2.75) is 50.9 Å². The molecule has 0 radical (unpaired) electrons. The van der Waals surface area contributed by atoms with Gasteiger partial charge in [-0.05, 0) is 68.5 Å². The first-order chi connectivity index (χ1) is 18.1. The smallest absolute Gasteiger partial charge is 0.253 e. The molecule has 4 rings (SSSR count). The number of hydrogen-bond acceptors (Lipinski definition) is 5. The topological polar surface area (TPSA) is 90.1 Å². The average Bonchev–Trinajstić information content (AvgIpc) is 2.89. The molecule has 37 heavy (non-hydrogen) atoms. The van der Waals surface area contributed by atoms with E-state index in [1.165, 1.54) is 0 Å². The number of unbranched alkanes of at least 4 members (excludes halogenated alkanes) is 2. The van der Waals surface area contributed by atoms with E-state index in [-0.39, 0.29) is 18.4 Å². The Labute approximate surface area is 219 Å². The average molecular weight is 495 g/mol. The van der Waals surface area contributed by atoms with Crippen LogP contribution in [0.2, 0.25) is 0 Å². The number of carbonyl (C=O) groups excluding carboxylic acids is 1. The van der Waals surface area contributed by atoms with Gasteiger partial charge in [-0.3, -0.25) is 4.79 Å². The molecule has 1 unspecified atom stereocenters. The lowest BCUT2D eigenvalue weighted by Gasteiger charge is -2.39. The highest BCUT2D eigenvalue weighted by Crippen LogP contribution is 2.30. The van der Waals surface area contributed by atoms with Gasteiger partial charge in [-0.15, -0.1) is 6.58 Å². The van der Waals surface area contributed by atoms with Crippen molar-refractivity contribution >= 4 is 16.9 Å². The van der Waals surface area contributed by atoms with Crippen LogP contribution in [0.3, 0.4) is 0 Å². The molecule has 0 spiro atoms. The van der Waals surface area contributed by atoms with Crippen LogP contribution in [0.25, 0.3) is 11.0 Å². The van der Waals surface area contributed by atoms with Crippen molar-refractivity contribution in [2.75, 3.05) is 19.7 Å². The minimum absolute atomic E-state index is 0.000572. The molecule has 2 heterocycles. The highest BCUT2D eigenvalue weighted by Gasteiger charge is 2.32. The normalized spacial score (nSPS) is 14.5. The summed E-state index contributed by atoms with van der Waals surface area (Å²) in [5, 5.41) is 18.1. The lowest BCUT2D eigenvalue weighted by molar-refractivity contribution is 0.0602. The number of amides is 1. The summed E-state index contributed by atoms with van der Waals surface area (Å²) in [6.07, 6.45) is 10.3. The second-order valence-corrected chi connectivity index (χ2v) is 9.59. The first-order valence-electron chi connectivity index (χ1n) is 13.0. The first-order valence-corrected chi connectivity index (χ1v) is 13.0. The molecule has 1 fully saturated rings. The molecule has 1 N–H and O–H groups in total. The largest absolute Gasteiger partial charge is 0.396 e. The number of allylic oxidation sites excluding steroid dienone is 3. The summed E-state index contributed by atoms with van der Waals surface area (Å²) in [4.78, 5) is 25.1. The molecule has 0 saturated carbocycles. The second-order valence-electron chi connectivity index (χ2n) is 9.59. The van der Waals surface area contributed by atoms with E-state index in [1.54, 1.807) is 0 Å². The van der Waals surface area contributed by atoms with E-state index in [0.717, 1.165) is 60.1 Å². The molecule has 1 aliphatic rings. The van der Waals surface area contributed by atoms with Crippen molar-refractivity contribution in [3.63, 3.8) is 0 Å². The number of benzene rings is 2. The predicted molar refractivity (Wildman–Crippen MR) is 146 cm³/mol. The van der Waals surface area contributed by atoms with E-state index in [2.05, 4.69) is 18.7 Å². The molecule has 1 aromatic heterocycles.